The minimum absolute atomic E-state index is 0.0778. The zero-order valence-electron chi connectivity index (χ0n) is 9.88. The molecule has 0 atom stereocenters. The summed E-state index contributed by atoms with van der Waals surface area (Å²) in [5, 5.41) is 1.77. The van der Waals surface area contributed by atoms with E-state index < -0.39 is 15.8 Å². The molecule has 8 heteroatoms. The molecule has 0 aliphatic rings. The maximum absolute atomic E-state index is 13.4. The summed E-state index contributed by atoms with van der Waals surface area (Å²) in [6.45, 7) is 0.156. The van der Waals surface area contributed by atoms with Crippen molar-refractivity contribution in [2.75, 3.05) is 7.05 Å². The predicted octanol–water partition coefficient (Wildman–Crippen LogP) is 2.87. The Morgan fingerprint density at radius 2 is 2.21 bits per heavy atom. The zero-order chi connectivity index (χ0) is 14.0. The van der Waals surface area contributed by atoms with Crippen LogP contribution in [0.15, 0.2) is 38.5 Å². The van der Waals surface area contributed by atoms with Crippen LogP contribution in [0.1, 0.15) is 5.69 Å². The van der Waals surface area contributed by atoms with Gasteiger partial charge in [0.15, 0.2) is 0 Å². The van der Waals surface area contributed by atoms with Crippen molar-refractivity contribution in [2.45, 2.75) is 11.4 Å². The monoisotopic (exact) mass is 364 g/mol. The molecule has 0 fully saturated rings. The van der Waals surface area contributed by atoms with Gasteiger partial charge in [-0.3, -0.25) is 0 Å². The Morgan fingerprint density at radius 1 is 1.47 bits per heavy atom. The quantitative estimate of drug-likeness (QED) is 0.837. The van der Waals surface area contributed by atoms with Crippen LogP contribution in [0.25, 0.3) is 0 Å². The van der Waals surface area contributed by atoms with Crippen molar-refractivity contribution in [2.24, 2.45) is 0 Å². The molecule has 0 saturated carbocycles. The highest BCUT2D eigenvalue weighted by molar-refractivity contribution is 9.10. The van der Waals surface area contributed by atoms with Gasteiger partial charge in [-0.25, -0.2) is 17.8 Å². The molecule has 2 aromatic rings. The Bertz CT molecular complexity index is 674. The molecule has 0 amide bonds. The number of rotatable bonds is 4. The molecular weight excluding hydrogens is 355 g/mol. The van der Waals surface area contributed by atoms with Crippen molar-refractivity contribution in [3.63, 3.8) is 0 Å². The van der Waals surface area contributed by atoms with Crippen LogP contribution in [0.5, 0.6) is 0 Å². The molecule has 102 valence electrons. The summed E-state index contributed by atoms with van der Waals surface area (Å²) in [5.74, 6) is -0.608. The molecule has 2 rings (SSSR count). The van der Waals surface area contributed by atoms with Crippen LogP contribution in [0.4, 0.5) is 4.39 Å². The third kappa shape index (κ3) is 3.19. The van der Waals surface area contributed by atoms with Crippen LogP contribution in [0, 0.1) is 5.82 Å². The first kappa shape index (κ1) is 14.6. The first-order valence-electron chi connectivity index (χ1n) is 5.19. The Kier molecular flexibility index (Phi) is 4.34. The fraction of sp³-hybridized carbons (Fsp3) is 0.182. The fourth-order valence-corrected chi connectivity index (χ4v) is 3.40. The van der Waals surface area contributed by atoms with Crippen molar-refractivity contribution in [3.05, 3.63) is 45.1 Å². The third-order valence-corrected chi connectivity index (χ3v) is 5.55. The third-order valence-electron chi connectivity index (χ3n) is 2.47. The summed E-state index contributed by atoms with van der Waals surface area (Å²) >= 11 is 4.38. The second-order valence-electron chi connectivity index (χ2n) is 3.82. The van der Waals surface area contributed by atoms with Crippen molar-refractivity contribution < 1.29 is 12.8 Å². The van der Waals surface area contributed by atoms with E-state index >= 15 is 0 Å². The first-order chi connectivity index (χ1) is 8.91. The highest BCUT2D eigenvalue weighted by atomic mass is 79.9. The highest BCUT2D eigenvalue weighted by Gasteiger charge is 2.22. The lowest BCUT2D eigenvalue weighted by molar-refractivity contribution is 0.462. The summed E-state index contributed by atoms with van der Waals surface area (Å²) < 4.78 is 39.3. The molecule has 0 bridgehead atoms. The number of benzene rings is 1. The van der Waals surface area contributed by atoms with Gasteiger partial charge in [0.2, 0.25) is 10.0 Å². The first-order valence-corrected chi connectivity index (χ1v) is 8.37. The van der Waals surface area contributed by atoms with Crippen LogP contribution in [-0.4, -0.2) is 24.8 Å². The topological polar surface area (TPSA) is 50.3 Å². The van der Waals surface area contributed by atoms with Gasteiger partial charge in [-0.1, -0.05) is 0 Å². The van der Waals surface area contributed by atoms with Gasteiger partial charge in [0.05, 0.1) is 27.1 Å². The van der Waals surface area contributed by atoms with Crippen LogP contribution in [0.3, 0.4) is 0 Å². The van der Waals surface area contributed by atoms with Gasteiger partial charge in [0.25, 0.3) is 0 Å². The van der Waals surface area contributed by atoms with E-state index in [1.54, 1.807) is 10.9 Å². The van der Waals surface area contributed by atoms with Gasteiger partial charge in [-0.05, 0) is 34.1 Å². The second-order valence-corrected chi connectivity index (χ2v) is 7.43. The van der Waals surface area contributed by atoms with E-state index in [4.69, 9.17) is 0 Å². The largest absolute Gasteiger partial charge is 0.248 e. The molecule has 4 nitrogen and oxygen atoms in total. The van der Waals surface area contributed by atoms with Gasteiger partial charge in [0, 0.05) is 12.4 Å². The van der Waals surface area contributed by atoms with Crippen LogP contribution in [-0.2, 0) is 16.6 Å². The van der Waals surface area contributed by atoms with Crippen LogP contribution in [0.2, 0.25) is 0 Å². The van der Waals surface area contributed by atoms with E-state index in [-0.39, 0.29) is 15.9 Å². The predicted molar refractivity (Wildman–Crippen MR) is 74.9 cm³/mol. The van der Waals surface area contributed by atoms with Crippen molar-refractivity contribution in [1.29, 1.82) is 0 Å². The lowest BCUT2D eigenvalue weighted by atomic mass is 10.3. The number of hydrogen-bond acceptors (Lipinski definition) is 4. The molecule has 1 aromatic carbocycles. The smallest absolute Gasteiger partial charge is 0.243 e. The SMILES string of the molecule is CN(Cc1cscn1)S(=O)(=O)c1ccc(Br)c(F)c1. The maximum Gasteiger partial charge on any atom is 0.243 e. The fourth-order valence-electron chi connectivity index (χ4n) is 1.45. The average Bonchev–Trinajstić information content (AvgIpc) is 2.85. The maximum atomic E-state index is 13.4. The number of thiazole rings is 1. The highest BCUT2D eigenvalue weighted by Crippen LogP contribution is 2.22. The molecule has 0 aliphatic carbocycles. The number of hydrogen-bond donors (Lipinski definition) is 0. The molecule has 1 aromatic heterocycles. The average molecular weight is 365 g/mol. The lowest BCUT2D eigenvalue weighted by Gasteiger charge is -2.16. The molecule has 0 saturated heterocycles. The van der Waals surface area contributed by atoms with E-state index in [1.807, 2.05) is 0 Å². The molecule has 0 radical (unpaired) electrons. The van der Waals surface area contributed by atoms with Gasteiger partial charge < -0.3 is 0 Å². The van der Waals surface area contributed by atoms with Gasteiger partial charge in [0.1, 0.15) is 5.82 Å². The summed E-state index contributed by atoms with van der Waals surface area (Å²) in [6, 6.07) is 3.73. The van der Waals surface area contributed by atoms with Crippen LogP contribution >= 0.6 is 27.3 Å². The zero-order valence-corrected chi connectivity index (χ0v) is 13.1. The molecule has 0 unspecified atom stereocenters. The lowest BCUT2D eigenvalue weighted by Crippen LogP contribution is -2.26. The van der Waals surface area contributed by atoms with E-state index in [2.05, 4.69) is 20.9 Å². The van der Waals surface area contributed by atoms with Crippen molar-refractivity contribution in [1.82, 2.24) is 9.29 Å². The van der Waals surface area contributed by atoms with E-state index in [1.165, 1.54) is 30.5 Å². The number of sulfonamides is 1. The minimum atomic E-state index is -3.72. The standard InChI is InChI=1S/C11H10BrFN2O2S2/c1-15(5-8-6-18-7-14-8)19(16,17)9-2-3-10(12)11(13)4-9/h2-4,6-7H,5H2,1H3. The van der Waals surface area contributed by atoms with Crippen molar-refractivity contribution in [3.8, 4) is 0 Å². The molecule has 1 heterocycles. The van der Waals surface area contributed by atoms with Crippen molar-refractivity contribution >= 4 is 37.3 Å². The molecule has 0 aliphatic heterocycles. The van der Waals surface area contributed by atoms with Gasteiger partial charge >= 0.3 is 0 Å². The molecular formula is C11H10BrFN2O2S2. The Labute approximate surface area is 123 Å². The van der Waals surface area contributed by atoms with E-state index in [9.17, 15) is 12.8 Å². The van der Waals surface area contributed by atoms with Gasteiger partial charge in [-0.2, -0.15) is 4.31 Å². The second kappa shape index (κ2) is 5.66. The summed E-state index contributed by atoms with van der Waals surface area (Å²) in [5.41, 5.74) is 2.29. The van der Waals surface area contributed by atoms with Gasteiger partial charge in [-0.15, -0.1) is 11.3 Å². The Morgan fingerprint density at radius 3 is 2.79 bits per heavy atom. The number of halogens is 2. The normalized spacial score (nSPS) is 12.0. The summed E-state index contributed by atoms with van der Waals surface area (Å²) in [6.07, 6.45) is 0. The number of nitrogens with zero attached hydrogens (tertiary/aromatic N) is 2. The minimum Gasteiger partial charge on any atom is -0.248 e. The van der Waals surface area contributed by atoms with Crippen LogP contribution < -0.4 is 0 Å². The molecule has 19 heavy (non-hydrogen) atoms. The molecule has 0 spiro atoms. The summed E-state index contributed by atoms with van der Waals surface area (Å²) in [7, 11) is -2.28. The van der Waals surface area contributed by atoms with E-state index in [0.717, 1.165) is 10.4 Å². The number of aromatic nitrogens is 1. The Balaban J connectivity index is 2.28. The van der Waals surface area contributed by atoms with E-state index in [0.29, 0.717) is 5.69 Å². The molecule has 0 N–H and O–H groups in total. The Hall–Kier alpha value is -0.830. The summed E-state index contributed by atoms with van der Waals surface area (Å²) in [4.78, 5) is 3.95.